The van der Waals surface area contributed by atoms with Gasteiger partial charge in [0.15, 0.2) is 11.6 Å². The number of amides is 1. The molecule has 0 radical (unpaired) electrons. The summed E-state index contributed by atoms with van der Waals surface area (Å²) in [5, 5.41) is 1.58. The SMILES string of the molecule is Cc1cccc(C(=O)N2CCC(N(N)c3ncccc3F)=C(N)C2)c1Cl. The number of pyridine rings is 1. The Morgan fingerprint density at radius 1 is 1.35 bits per heavy atom. The van der Waals surface area contributed by atoms with Crippen LogP contribution in [0.5, 0.6) is 0 Å². The first kappa shape index (κ1) is 18.2. The summed E-state index contributed by atoms with van der Waals surface area (Å²) in [7, 11) is 0. The number of anilines is 1. The Kier molecular flexibility index (Phi) is 5.11. The number of carbonyl (C=O) groups is 1. The maximum atomic E-state index is 13.9. The monoisotopic (exact) mass is 375 g/mol. The Labute approximate surface area is 155 Å². The van der Waals surface area contributed by atoms with Crippen molar-refractivity contribution in [3.05, 3.63) is 69.9 Å². The summed E-state index contributed by atoms with van der Waals surface area (Å²) in [5.41, 5.74) is 8.32. The van der Waals surface area contributed by atoms with Gasteiger partial charge >= 0.3 is 0 Å². The molecule has 8 heteroatoms. The van der Waals surface area contributed by atoms with Crippen molar-refractivity contribution in [3.63, 3.8) is 0 Å². The van der Waals surface area contributed by atoms with Crippen molar-refractivity contribution >= 4 is 23.3 Å². The van der Waals surface area contributed by atoms with Gasteiger partial charge in [0, 0.05) is 24.9 Å². The average molecular weight is 376 g/mol. The molecular formula is C18H19ClFN5O. The lowest BCUT2D eigenvalue weighted by molar-refractivity contribution is 0.0762. The van der Waals surface area contributed by atoms with Gasteiger partial charge in [0.25, 0.3) is 5.91 Å². The number of hydrogen-bond donors (Lipinski definition) is 2. The van der Waals surface area contributed by atoms with Crippen LogP contribution in [0.15, 0.2) is 47.9 Å². The van der Waals surface area contributed by atoms with Gasteiger partial charge < -0.3 is 10.6 Å². The third kappa shape index (κ3) is 3.36. The summed E-state index contributed by atoms with van der Waals surface area (Å²) in [6.45, 7) is 2.41. The van der Waals surface area contributed by atoms with Gasteiger partial charge in [-0.15, -0.1) is 0 Å². The van der Waals surface area contributed by atoms with Crippen molar-refractivity contribution in [1.29, 1.82) is 0 Å². The molecule has 3 rings (SSSR count). The topological polar surface area (TPSA) is 88.5 Å². The molecule has 0 atom stereocenters. The lowest BCUT2D eigenvalue weighted by atomic mass is 10.1. The molecule has 2 heterocycles. The molecule has 1 aliphatic heterocycles. The van der Waals surface area contributed by atoms with Crippen molar-refractivity contribution in [3.8, 4) is 0 Å². The Balaban J connectivity index is 1.82. The zero-order chi connectivity index (χ0) is 18.8. The third-order valence-electron chi connectivity index (χ3n) is 4.32. The number of hydrazine groups is 1. The molecule has 1 aromatic carbocycles. The number of carbonyl (C=O) groups excluding carboxylic acids is 1. The Morgan fingerprint density at radius 2 is 2.12 bits per heavy atom. The van der Waals surface area contributed by atoms with E-state index in [-0.39, 0.29) is 18.3 Å². The van der Waals surface area contributed by atoms with Gasteiger partial charge in [-0.05, 0) is 30.7 Å². The number of halogens is 2. The van der Waals surface area contributed by atoms with Gasteiger partial charge in [0.05, 0.1) is 22.8 Å². The van der Waals surface area contributed by atoms with Crippen LogP contribution < -0.4 is 16.6 Å². The van der Waals surface area contributed by atoms with Gasteiger partial charge in [-0.3, -0.25) is 9.80 Å². The first-order chi connectivity index (χ1) is 12.4. The fourth-order valence-corrected chi connectivity index (χ4v) is 3.10. The van der Waals surface area contributed by atoms with Crippen LogP contribution in [0.25, 0.3) is 0 Å². The highest BCUT2D eigenvalue weighted by atomic mass is 35.5. The third-order valence-corrected chi connectivity index (χ3v) is 4.82. The van der Waals surface area contributed by atoms with E-state index >= 15 is 0 Å². The summed E-state index contributed by atoms with van der Waals surface area (Å²) < 4.78 is 13.9. The smallest absolute Gasteiger partial charge is 0.255 e. The first-order valence-corrected chi connectivity index (χ1v) is 8.45. The number of aromatic nitrogens is 1. The van der Waals surface area contributed by atoms with E-state index in [1.807, 2.05) is 13.0 Å². The number of hydrogen-bond acceptors (Lipinski definition) is 5. The van der Waals surface area contributed by atoms with Gasteiger partial charge in [-0.1, -0.05) is 23.7 Å². The normalized spacial score (nSPS) is 14.5. The molecule has 1 aliphatic rings. The molecule has 0 spiro atoms. The molecule has 1 aromatic heterocycles. The van der Waals surface area contributed by atoms with E-state index in [1.54, 1.807) is 17.0 Å². The Bertz CT molecular complexity index is 886. The van der Waals surface area contributed by atoms with Gasteiger partial charge in [-0.2, -0.15) is 0 Å². The highest BCUT2D eigenvalue weighted by Crippen LogP contribution is 2.26. The predicted octanol–water partition coefficient (Wildman–Crippen LogP) is 2.58. The number of rotatable bonds is 3. The van der Waals surface area contributed by atoms with E-state index in [9.17, 15) is 9.18 Å². The molecule has 136 valence electrons. The summed E-state index contributed by atoms with van der Waals surface area (Å²) in [6, 6.07) is 8.07. The Morgan fingerprint density at radius 3 is 2.81 bits per heavy atom. The van der Waals surface area contributed by atoms with Crippen LogP contribution in [0.4, 0.5) is 10.2 Å². The fraction of sp³-hybridized carbons (Fsp3) is 0.222. The molecule has 1 amide bonds. The molecule has 6 nitrogen and oxygen atoms in total. The quantitative estimate of drug-likeness (QED) is 0.635. The minimum atomic E-state index is -0.541. The highest BCUT2D eigenvalue weighted by molar-refractivity contribution is 6.34. The van der Waals surface area contributed by atoms with Gasteiger partial charge in [-0.25, -0.2) is 15.2 Å². The van der Waals surface area contributed by atoms with Gasteiger partial charge in [0.1, 0.15) is 0 Å². The molecule has 0 aliphatic carbocycles. The van der Waals surface area contributed by atoms with Crippen LogP contribution in [-0.4, -0.2) is 28.9 Å². The van der Waals surface area contributed by atoms with Crippen molar-refractivity contribution < 1.29 is 9.18 Å². The lowest BCUT2D eigenvalue weighted by Crippen LogP contribution is -2.44. The molecule has 2 aromatic rings. The number of nitrogens with zero attached hydrogens (tertiary/aromatic N) is 3. The molecule has 4 N–H and O–H groups in total. The molecule has 0 saturated heterocycles. The Hall–Kier alpha value is -2.64. The molecule has 0 saturated carbocycles. The second-order valence-electron chi connectivity index (χ2n) is 6.06. The van der Waals surface area contributed by atoms with E-state index in [0.717, 1.165) is 10.6 Å². The zero-order valence-electron chi connectivity index (χ0n) is 14.2. The van der Waals surface area contributed by atoms with Crippen LogP contribution in [0.2, 0.25) is 5.02 Å². The summed E-state index contributed by atoms with van der Waals surface area (Å²) in [5.74, 6) is 5.26. The molecular weight excluding hydrogens is 357 g/mol. The summed E-state index contributed by atoms with van der Waals surface area (Å²) >= 11 is 6.25. The van der Waals surface area contributed by atoms with Crippen LogP contribution in [0, 0.1) is 12.7 Å². The second kappa shape index (κ2) is 7.31. The number of benzene rings is 1. The van der Waals surface area contributed by atoms with Crippen LogP contribution in [0.1, 0.15) is 22.3 Å². The maximum Gasteiger partial charge on any atom is 0.255 e. The van der Waals surface area contributed by atoms with Crippen molar-refractivity contribution in [2.45, 2.75) is 13.3 Å². The van der Waals surface area contributed by atoms with Crippen LogP contribution in [-0.2, 0) is 0 Å². The standard InChI is InChI=1S/C18H19ClFN5O/c1-11-4-2-5-12(16(11)19)18(26)24-9-7-15(14(21)10-24)25(22)17-13(20)6-3-8-23-17/h2-6,8H,7,9-10,21-22H2,1H3. The van der Waals surface area contributed by atoms with Crippen LogP contribution >= 0.6 is 11.6 Å². The van der Waals surface area contributed by atoms with Gasteiger partial charge in [0.2, 0.25) is 0 Å². The maximum absolute atomic E-state index is 13.9. The van der Waals surface area contributed by atoms with E-state index < -0.39 is 5.82 Å². The number of nitrogens with two attached hydrogens (primary N) is 2. The fourth-order valence-electron chi connectivity index (χ4n) is 2.89. The van der Waals surface area contributed by atoms with E-state index in [4.69, 9.17) is 23.2 Å². The van der Waals surface area contributed by atoms with Crippen molar-refractivity contribution in [1.82, 2.24) is 9.88 Å². The zero-order valence-corrected chi connectivity index (χ0v) is 15.0. The van der Waals surface area contributed by atoms with E-state index in [1.165, 1.54) is 18.3 Å². The summed E-state index contributed by atoms with van der Waals surface area (Å²) in [4.78, 5) is 18.3. The molecule has 0 unspecified atom stereocenters. The lowest BCUT2D eigenvalue weighted by Gasteiger charge is -2.33. The molecule has 26 heavy (non-hydrogen) atoms. The predicted molar refractivity (Wildman–Crippen MR) is 98.8 cm³/mol. The average Bonchev–Trinajstić information content (AvgIpc) is 2.63. The van der Waals surface area contributed by atoms with E-state index in [2.05, 4.69) is 4.98 Å². The number of aryl methyl sites for hydroxylation is 1. The first-order valence-electron chi connectivity index (χ1n) is 8.07. The second-order valence-corrected chi connectivity index (χ2v) is 6.44. The van der Waals surface area contributed by atoms with Crippen LogP contribution in [0.3, 0.4) is 0 Å². The summed E-state index contributed by atoms with van der Waals surface area (Å²) in [6.07, 6.45) is 1.83. The van der Waals surface area contributed by atoms with E-state index in [0.29, 0.717) is 34.9 Å². The molecule has 0 bridgehead atoms. The highest BCUT2D eigenvalue weighted by Gasteiger charge is 2.27. The van der Waals surface area contributed by atoms with Crippen molar-refractivity contribution in [2.24, 2.45) is 11.6 Å². The largest absolute Gasteiger partial charge is 0.399 e. The van der Waals surface area contributed by atoms with Crippen molar-refractivity contribution in [2.75, 3.05) is 18.1 Å². The minimum absolute atomic E-state index is 0.00745. The molecule has 0 fully saturated rings. The minimum Gasteiger partial charge on any atom is -0.399 e.